The lowest BCUT2D eigenvalue weighted by Crippen LogP contribution is -2.27. The molecule has 1 fully saturated rings. The van der Waals surface area contributed by atoms with E-state index < -0.39 is 0 Å². The third kappa shape index (κ3) is 4.66. The van der Waals surface area contributed by atoms with Gasteiger partial charge in [0.25, 0.3) is 0 Å². The fourth-order valence-electron chi connectivity index (χ4n) is 2.74. The van der Waals surface area contributed by atoms with Crippen LogP contribution in [0.25, 0.3) is 5.57 Å². The van der Waals surface area contributed by atoms with Gasteiger partial charge in [0, 0.05) is 18.5 Å². The molecule has 0 radical (unpaired) electrons. The lowest BCUT2D eigenvalue weighted by molar-refractivity contribution is 0.274. The first-order chi connectivity index (χ1) is 13.6. The average Bonchev–Trinajstić information content (AvgIpc) is 3.15. The Kier molecular flexibility index (Phi) is 6.24. The molecular formula is C19H23N7O2. The van der Waals surface area contributed by atoms with Gasteiger partial charge in [-0.05, 0) is 25.3 Å². The molecule has 2 heterocycles. The van der Waals surface area contributed by atoms with Gasteiger partial charge in [-0.2, -0.15) is 10.4 Å². The van der Waals surface area contributed by atoms with Crippen LogP contribution in [0.1, 0.15) is 43.5 Å². The maximum absolute atomic E-state index is 10.1. The molecule has 0 spiro atoms. The van der Waals surface area contributed by atoms with Gasteiger partial charge in [0.15, 0.2) is 11.5 Å². The Balaban J connectivity index is 0.000000391. The van der Waals surface area contributed by atoms with Crippen LogP contribution in [0.3, 0.4) is 0 Å². The zero-order chi connectivity index (χ0) is 19.9. The van der Waals surface area contributed by atoms with Gasteiger partial charge < -0.3 is 20.9 Å². The van der Waals surface area contributed by atoms with Crippen molar-refractivity contribution in [1.29, 1.82) is 5.26 Å². The smallest absolute Gasteiger partial charge is 0.158 e. The van der Waals surface area contributed by atoms with Crippen molar-refractivity contribution in [3.63, 3.8) is 0 Å². The van der Waals surface area contributed by atoms with Crippen molar-refractivity contribution in [2.45, 2.75) is 38.1 Å². The number of aliphatic hydroxyl groups excluding tert-OH is 1. The fourth-order valence-corrected chi connectivity index (χ4v) is 2.74. The number of hydrogen-bond donors (Lipinski definition) is 4. The normalized spacial score (nSPS) is 16.2. The summed E-state index contributed by atoms with van der Waals surface area (Å²) < 4.78 is 5.34. The van der Waals surface area contributed by atoms with E-state index in [1.807, 2.05) is 6.07 Å². The van der Waals surface area contributed by atoms with Crippen molar-refractivity contribution in [1.82, 2.24) is 20.2 Å². The SMILES string of the molecule is COC1=C(c2cc(Nc3cnc(C#N)cn3)n[nH]2)C(O)=CCC1.NC1CCC1. The number of nitriles is 1. The number of methoxy groups -OCH3 is 1. The monoisotopic (exact) mass is 381 g/mol. The Morgan fingerprint density at radius 1 is 1.32 bits per heavy atom. The first-order valence-corrected chi connectivity index (χ1v) is 9.08. The Bertz CT molecular complexity index is 905. The van der Waals surface area contributed by atoms with E-state index in [4.69, 9.17) is 15.7 Å². The molecular weight excluding hydrogens is 358 g/mol. The molecule has 5 N–H and O–H groups in total. The van der Waals surface area contributed by atoms with Crippen LogP contribution in [0.15, 0.2) is 36.1 Å². The van der Waals surface area contributed by atoms with Gasteiger partial charge in [0.2, 0.25) is 0 Å². The van der Waals surface area contributed by atoms with E-state index >= 15 is 0 Å². The number of aliphatic hydroxyl groups is 1. The summed E-state index contributed by atoms with van der Waals surface area (Å²) in [4.78, 5) is 7.99. The maximum Gasteiger partial charge on any atom is 0.158 e. The lowest BCUT2D eigenvalue weighted by atomic mass is 9.95. The van der Waals surface area contributed by atoms with E-state index in [-0.39, 0.29) is 11.5 Å². The highest BCUT2D eigenvalue weighted by Gasteiger charge is 2.20. The molecule has 2 aliphatic rings. The molecule has 2 aromatic heterocycles. The van der Waals surface area contributed by atoms with Crippen molar-refractivity contribution >= 4 is 17.2 Å². The zero-order valence-electron chi connectivity index (χ0n) is 15.6. The molecule has 9 nitrogen and oxygen atoms in total. The average molecular weight is 381 g/mol. The van der Waals surface area contributed by atoms with Gasteiger partial charge in [-0.25, -0.2) is 9.97 Å². The van der Waals surface area contributed by atoms with Crippen molar-refractivity contribution in [2.24, 2.45) is 5.73 Å². The van der Waals surface area contributed by atoms with Crippen LogP contribution >= 0.6 is 0 Å². The third-order valence-electron chi connectivity index (χ3n) is 4.51. The predicted molar refractivity (Wildman–Crippen MR) is 104 cm³/mol. The summed E-state index contributed by atoms with van der Waals surface area (Å²) >= 11 is 0. The number of aromatic amines is 1. The minimum absolute atomic E-state index is 0.168. The number of nitrogens with two attached hydrogens (primary N) is 1. The van der Waals surface area contributed by atoms with Crippen LogP contribution in [0.2, 0.25) is 0 Å². The zero-order valence-corrected chi connectivity index (χ0v) is 15.6. The number of anilines is 2. The van der Waals surface area contributed by atoms with Crippen LogP contribution in [-0.2, 0) is 4.74 Å². The van der Waals surface area contributed by atoms with Crippen LogP contribution in [0.5, 0.6) is 0 Å². The van der Waals surface area contributed by atoms with Gasteiger partial charge in [-0.15, -0.1) is 0 Å². The minimum atomic E-state index is 0.168. The summed E-state index contributed by atoms with van der Waals surface area (Å²) in [5, 5.41) is 28.8. The molecule has 0 aromatic carbocycles. The highest BCUT2D eigenvalue weighted by molar-refractivity contribution is 5.78. The molecule has 4 rings (SSSR count). The number of aromatic nitrogens is 4. The van der Waals surface area contributed by atoms with Crippen molar-refractivity contribution in [2.75, 3.05) is 12.4 Å². The molecule has 0 atom stereocenters. The summed E-state index contributed by atoms with van der Waals surface area (Å²) in [6, 6.07) is 4.21. The molecule has 0 unspecified atom stereocenters. The van der Waals surface area contributed by atoms with Gasteiger partial charge in [-0.1, -0.05) is 6.42 Å². The topological polar surface area (TPSA) is 146 Å². The number of nitrogens with zero attached hydrogens (tertiary/aromatic N) is 4. The number of rotatable bonds is 4. The lowest BCUT2D eigenvalue weighted by Gasteiger charge is -2.18. The molecule has 146 valence electrons. The third-order valence-corrected chi connectivity index (χ3v) is 4.51. The molecule has 0 saturated heterocycles. The van der Waals surface area contributed by atoms with Gasteiger partial charge in [0.1, 0.15) is 23.4 Å². The molecule has 1 saturated carbocycles. The first-order valence-electron chi connectivity index (χ1n) is 9.08. The van der Waals surface area contributed by atoms with Gasteiger partial charge in [0.05, 0.1) is 30.8 Å². The number of ether oxygens (including phenoxy) is 1. The maximum atomic E-state index is 10.1. The summed E-state index contributed by atoms with van der Waals surface area (Å²) in [5.74, 6) is 1.85. The highest BCUT2D eigenvalue weighted by atomic mass is 16.5. The summed E-state index contributed by atoms with van der Waals surface area (Å²) in [6.07, 6.45) is 9.91. The second kappa shape index (κ2) is 9.01. The van der Waals surface area contributed by atoms with Crippen molar-refractivity contribution < 1.29 is 9.84 Å². The van der Waals surface area contributed by atoms with Crippen LogP contribution < -0.4 is 11.1 Å². The largest absolute Gasteiger partial charge is 0.507 e. The summed E-state index contributed by atoms with van der Waals surface area (Å²) in [7, 11) is 1.58. The van der Waals surface area contributed by atoms with E-state index in [0.29, 0.717) is 34.7 Å². The van der Waals surface area contributed by atoms with Crippen LogP contribution in [0.4, 0.5) is 11.6 Å². The quantitative estimate of drug-likeness (QED) is 0.632. The Labute approximate surface area is 163 Å². The molecule has 0 bridgehead atoms. The van der Waals surface area contributed by atoms with Crippen molar-refractivity contribution in [3.8, 4) is 6.07 Å². The Morgan fingerprint density at radius 2 is 2.11 bits per heavy atom. The fraction of sp³-hybridized carbons (Fsp3) is 0.368. The second-order valence-electron chi connectivity index (χ2n) is 6.51. The number of hydrogen-bond acceptors (Lipinski definition) is 8. The van der Waals surface area contributed by atoms with Gasteiger partial charge in [-0.3, -0.25) is 5.10 Å². The van der Waals surface area contributed by atoms with Gasteiger partial charge >= 0.3 is 0 Å². The first kappa shape index (κ1) is 19.4. The van der Waals surface area contributed by atoms with E-state index in [1.54, 1.807) is 19.3 Å². The standard InChI is InChI=1S/C15H14N6O2.C4H9N/c1-23-12-4-2-3-11(22)15(12)10-5-13(21-20-10)19-14-8-17-9(6-16)7-18-14;5-4-2-1-3-4/h3,5,7-8,22H,2,4H2,1H3,(H2,18,19,20,21);4H,1-3,5H2. The molecule has 2 aliphatic carbocycles. The number of H-pyrrole nitrogens is 1. The van der Waals surface area contributed by atoms with E-state index in [1.165, 1.54) is 31.7 Å². The number of nitrogens with one attached hydrogen (secondary N) is 2. The van der Waals surface area contributed by atoms with E-state index in [0.717, 1.165) is 12.8 Å². The summed E-state index contributed by atoms with van der Waals surface area (Å²) in [6.45, 7) is 0. The highest BCUT2D eigenvalue weighted by Crippen LogP contribution is 2.32. The second-order valence-corrected chi connectivity index (χ2v) is 6.51. The van der Waals surface area contributed by atoms with E-state index in [9.17, 15) is 5.11 Å². The minimum Gasteiger partial charge on any atom is -0.507 e. The Hall–Kier alpha value is -3.38. The number of allylic oxidation sites excluding steroid dienone is 3. The van der Waals surface area contributed by atoms with Crippen molar-refractivity contribution in [3.05, 3.63) is 47.4 Å². The molecule has 0 amide bonds. The van der Waals surface area contributed by atoms with E-state index in [2.05, 4.69) is 25.5 Å². The van der Waals surface area contributed by atoms with Crippen LogP contribution in [-0.4, -0.2) is 38.4 Å². The molecule has 28 heavy (non-hydrogen) atoms. The van der Waals surface area contributed by atoms with Crippen LogP contribution in [0, 0.1) is 11.3 Å². The molecule has 0 aliphatic heterocycles. The molecule has 9 heteroatoms. The summed E-state index contributed by atoms with van der Waals surface area (Å²) in [5.41, 5.74) is 6.86. The molecule has 2 aromatic rings. The Morgan fingerprint density at radius 3 is 2.68 bits per heavy atom. The predicted octanol–water partition coefficient (Wildman–Crippen LogP) is 2.91.